The van der Waals surface area contributed by atoms with Gasteiger partial charge in [0.25, 0.3) is 0 Å². The average molecular weight is 173 g/mol. The highest BCUT2D eigenvalue weighted by Crippen LogP contribution is 2.62. The van der Waals surface area contributed by atoms with Gasteiger partial charge in [-0.3, -0.25) is 0 Å². The average Bonchev–Trinajstić information content (AvgIpc) is 2.64. The molecule has 0 aromatic heterocycles. The number of allylic oxidation sites excluding steroid dienone is 1. The number of hydrogen-bond donors (Lipinski definition) is 0. The molecule has 1 aliphatic rings. The lowest BCUT2D eigenvalue weighted by atomic mass is 10.3. The molecule has 0 spiro atoms. The molecule has 0 saturated heterocycles. The van der Waals surface area contributed by atoms with Gasteiger partial charge in [-0.1, -0.05) is 6.08 Å². The molecule has 0 amide bonds. The van der Waals surface area contributed by atoms with Gasteiger partial charge >= 0.3 is 8.03 Å². The molecule has 0 bridgehead atoms. The monoisotopic (exact) mass is 173 g/mol. The maximum atomic E-state index is 11.4. The molecule has 0 heterocycles. The van der Waals surface area contributed by atoms with Gasteiger partial charge in [-0.25, -0.2) is 0 Å². The van der Waals surface area contributed by atoms with Gasteiger partial charge in [0.1, 0.15) is 0 Å². The first-order valence-corrected chi connectivity index (χ1v) is 5.05. The third-order valence-corrected chi connectivity index (χ3v) is 4.06. The normalized spacial score (nSPS) is 36.5. The lowest BCUT2D eigenvalue weighted by Crippen LogP contribution is -2.00. The van der Waals surface area contributed by atoms with E-state index in [2.05, 4.69) is 6.58 Å². The fourth-order valence-corrected chi connectivity index (χ4v) is 2.45. The maximum absolute atomic E-state index is 11.4. The van der Waals surface area contributed by atoms with Gasteiger partial charge in [0, 0.05) is 12.3 Å². The summed E-state index contributed by atoms with van der Waals surface area (Å²) in [5.74, 6) is 0.401. The first-order valence-electron chi connectivity index (χ1n) is 3.88. The van der Waals surface area contributed by atoms with Crippen molar-refractivity contribution in [1.29, 1.82) is 0 Å². The van der Waals surface area contributed by atoms with Crippen LogP contribution in [0.25, 0.3) is 0 Å². The first kappa shape index (κ1) is 8.89. The molecule has 2 nitrogen and oxygen atoms in total. The van der Waals surface area contributed by atoms with Crippen LogP contribution in [0, 0.1) is 5.92 Å². The Morgan fingerprint density at radius 1 is 1.91 bits per heavy atom. The quantitative estimate of drug-likeness (QED) is 0.482. The molecule has 0 aromatic rings. The van der Waals surface area contributed by atoms with Crippen molar-refractivity contribution in [2.45, 2.75) is 25.4 Å². The summed E-state index contributed by atoms with van der Waals surface area (Å²) in [5.41, 5.74) is 0. The van der Waals surface area contributed by atoms with Crippen LogP contribution in [0.1, 0.15) is 20.3 Å². The van der Waals surface area contributed by atoms with E-state index in [1.54, 1.807) is 0 Å². The molecule has 11 heavy (non-hydrogen) atoms. The van der Waals surface area contributed by atoms with E-state index in [1.165, 1.54) is 0 Å². The molecule has 1 saturated carbocycles. The Morgan fingerprint density at radius 3 is 2.91 bits per heavy atom. The predicted octanol–water partition coefficient (Wildman–Crippen LogP) is 2.73. The fraction of sp³-hybridized carbons (Fsp3) is 0.750. The summed E-state index contributed by atoms with van der Waals surface area (Å²) in [4.78, 5) is 0. The van der Waals surface area contributed by atoms with Crippen molar-refractivity contribution < 1.29 is 9.09 Å². The minimum absolute atomic E-state index is 0.104. The SMILES string of the molecule is C=C[C@@H]1C[C@]1(C)[P+](=O)OCC. The molecule has 0 N–H and O–H groups in total. The van der Waals surface area contributed by atoms with Crippen LogP contribution in [0.5, 0.6) is 0 Å². The van der Waals surface area contributed by atoms with E-state index in [9.17, 15) is 4.57 Å². The van der Waals surface area contributed by atoms with Crippen LogP contribution < -0.4 is 0 Å². The lowest BCUT2D eigenvalue weighted by molar-refractivity contribution is 0.342. The second-order valence-corrected chi connectivity index (χ2v) is 4.87. The van der Waals surface area contributed by atoms with Crippen molar-refractivity contribution in [2.75, 3.05) is 6.61 Å². The summed E-state index contributed by atoms with van der Waals surface area (Å²) in [5, 5.41) is -0.104. The van der Waals surface area contributed by atoms with E-state index in [0.717, 1.165) is 6.42 Å². The topological polar surface area (TPSA) is 26.3 Å². The van der Waals surface area contributed by atoms with E-state index in [-0.39, 0.29) is 5.16 Å². The van der Waals surface area contributed by atoms with Crippen molar-refractivity contribution in [3.8, 4) is 0 Å². The van der Waals surface area contributed by atoms with Gasteiger partial charge in [-0.15, -0.1) is 11.1 Å². The van der Waals surface area contributed by atoms with Crippen LogP contribution in [0.4, 0.5) is 0 Å². The summed E-state index contributed by atoms with van der Waals surface area (Å²) < 4.78 is 16.4. The Morgan fingerprint density at radius 2 is 2.55 bits per heavy atom. The molecule has 3 atom stereocenters. The van der Waals surface area contributed by atoms with Crippen LogP contribution in [0.2, 0.25) is 0 Å². The highest BCUT2D eigenvalue weighted by molar-refractivity contribution is 7.41. The second-order valence-electron chi connectivity index (χ2n) is 3.08. The van der Waals surface area contributed by atoms with E-state index >= 15 is 0 Å². The molecule has 1 fully saturated rings. The largest absolute Gasteiger partial charge is 0.514 e. The second kappa shape index (κ2) is 3.04. The first-order chi connectivity index (χ1) is 5.15. The Bertz CT molecular complexity index is 191. The molecule has 0 radical (unpaired) electrons. The van der Waals surface area contributed by atoms with E-state index in [0.29, 0.717) is 12.5 Å². The third kappa shape index (κ3) is 1.52. The van der Waals surface area contributed by atoms with Gasteiger partial charge in [-0.2, -0.15) is 0 Å². The van der Waals surface area contributed by atoms with Crippen molar-refractivity contribution in [2.24, 2.45) is 5.92 Å². The zero-order valence-corrected chi connectivity index (χ0v) is 7.93. The highest BCUT2D eigenvalue weighted by atomic mass is 31.1. The highest BCUT2D eigenvalue weighted by Gasteiger charge is 2.65. The van der Waals surface area contributed by atoms with Crippen LogP contribution in [-0.4, -0.2) is 11.8 Å². The summed E-state index contributed by atoms with van der Waals surface area (Å²) in [7, 11) is -1.48. The smallest absolute Gasteiger partial charge is 0.146 e. The molecule has 0 aromatic carbocycles. The van der Waals surface area contributed by atoms with Gasteiger partial charge in [0.2, 0.25) is 5.16 Å². The van der Waals surface area contributed by atoms with Crippen molar-refractivity contribution in [1.82, 2.24) is 0 Å². The summed E-state index contributed by atoms with van der Waals surface area (Å²) >= 11 is 0. The minimum atomic E-state index is -1.48. The van der Waals surface area contributed by atoms with Gasteiger partial charge in [0.15, 0.2) is 0 Å². The van der Waals surface area contributed by atoms with Crippen LogP contribution in [0.3, 0.4) is 0 Å². The minimum Gasteiger partial charge on any atom is -0.146 e. The summed E-state index contributed by atoms with van der Waals surface area (Å²) in [6.07, 6.45) is 2.83. The van der Waals surface area contributed by atoms with Gasteiger partial charge in [0.05, 0.1) is 6.61 Å². The van der Waals surface area contributed by atoms with Crippen LogP contribution in [0.15, 0.2) is 12.7 Å². The number of rotatable bonds is 4. The third-order valence-electron chi connectivity index (χ3n) is 2.22. The van der Waals surface area contributed by atoms with Gasteiger partial charge in [-0.05, 0) is 18.4 Å². The summed E-state index contributed by atoms with van der Waals surface area (Å²) in [6, 6.07) is 0. The zero-order valence-electron chi connectivity index (χ0n) is 7.04. The molecule has 3 heteroatoms. The van der Waals surface area contributed by atoms with Crippen LogP contribution >= 0.6 is 8.03 Å². The molecule has 1 aliphatic carbocycles. The lowest BCUT2D eigenvalue weighted by Gasteiger charge is -1.92. The molecular formula is C8H14O2P+. The molecule has 62 valence electrons. The van der Waals surface area contributed by atoms with Crippen molar-refractivity contribution in [3.05, 3.63) is 12.7 Å². The molecular weight excluding hydrogens is 159 g/mol. The van der Waals surface area contributed by atoms with Crippen LogP contribution in [-0.2, 0) is 9.09 Å². The number of hydrogen-bond acceptors (Lipinski definition) is 2. The zero-order chi connectivity index (χ0) is 8.48. The summed E-state index contributed by atoms with van der Waals surface area (Å²) in [6.45, 7) is 8.07. The van der Waals surface area contributed by atoms with E-state index < -0.39 is 8.03 Å². The Labute approximate surface area is 68.5 Å². The molecule has 0 aliphatic heterocycles. The predicted molar refractivity (Wildman–Crippen MR) is 45.9 cm³/mol. The molecule has 1 rings (SSSR count). The maximum Gasteiger partial charge on any atom is 0.514 e. The fourth-order valence-electron chi connectivity index (χ4n) is 1.20. The van der Waals surface area contributed by atoms with E-state index in [4.69, 9.17) is 4.52 Å². The van der Waals surface area contributed by atoms with Gasteiger partial charge < -0.3 is 0 Å². The molecule has 1 unspecified atom stereocenters. The van der Waals surface area contributed by atoms with Crippen molar-refractivity contribution in [3.63, 3.8) is 0 Å². The van der Waals surface area contributed by atoms with Crippen molar-refractivity contribution >= 4 is 8.03 Å². The standard InChI is InChI=1S/C8H14O2P/c1-4-7-6-8(7,3)11(9)10-5-2/h4,7H,1,5-6H2,2-3H3/q+1/t7-,8+/m1/s1. The Hall–Kier alpha value is -0.200. The Balaban J connectivity index is 2.49. The van der Waals surface area contributed by atoms with E-state index in [1.807, 2.05) is 19.9 Å². The Kier molecular flexibility index (Phi) is 2.46.